The van der Waals surface area contributed by atoms with Gasteiger partial charge in [0.2, 0.25) is 5.91 Å². The van der Waals surface area contributed by atoms with E-state index in [1.165, 1.54) is 6.07 Å². The number of rotatable bonds is 5. The molecule has 0 aromatic heterocycles. The van der Waals surface area contributed by atoms with E-state index >= 15 is 0 Å². The Morgan fingerprint density at radius 1 is 1.39 bits per heavy atom. The maximum Gasteiger partial charge on any atom is 0.224 e. The van der Waals surface area contributed by atoms with Gasteiger partial charge in [-0.05, 0) is 31.9 Å². The zero-order valence-corrected chi connectivity index (χ0v) is 10.5. The van der Waals surface area contributed by atoms with Crippen LogP contribution in [0.25, 0.3) is 0 Å². The van der Waals surface area contributed by atoms with Crippen molar-refractivity contribution in [1.82, 2.24) is 5.32 Å². The smallest absolute Gasteiger partial charge is 0.224 e. The van der Waals surface area contributed by atoms with Crippen molar-refractivity contribution in [3.63, 3.8) is 0 Å². The second-order valence-electron chi connectivity index (χ2n) is 4.59. The lowest BCUT2D eigenvalue weighted by atomic mass is 10.1. The van der Waals surface area contributed by atoms with Crippen LogP contribution in [0.4, 0.5) is 8.78 Å². The monoisotopic (exact) mass is 256 g/mol. The number of halogens is 2. The molecule has 100 valence electrons. The molecule has 0 saturated heterocycles. The SMILES string of the molecule is CC(N)CC(C)NC(=O)Cc1ccc(F)cc1F. The summed E-state index contributed by atoms with van der Waals surface area (Å²) in [5.74, 6) is -1.65. The first-order valence-corrected chi connectivity index (χ1v) is 5.87. The molecule has 0 bridgehead atoms. The molecule has 18 heavy (non-hydrogen) atoms. The molecular weight excluding hydrogens is 238 g/mol. The molecule has 5 heteroatoms. The molecule has 0 saturated carbocycles. The maximum atomic E-state index is 13.3. The summed E-state index contributed by atoms with van der Waals surface area (Å²) in [5.41, 5.74) is 5.79. The Morgan fingerprint density at radius 2 is 2.06 bits per heavy atom. The predicted octanol–water partition coefficient (Wildman–Crippen LogP) is 1.75. The third kappa shape index (κ3) is 4.79. The predicted molar refractivity (Wildman–Crippen MR) is 65.9 cm³/mol. The van der Waals surface area contributed by atoms with Crippen LogP contribution in [0.1, 0.15) is 25.8 Å². The average Bonchev–Trinajstić information content (AvgIpc) is 2.20. The number of nitrogens with one attached hydrogen (secondary N) is 1. The van der Waals surface area contributed by atoms with Crippen molar-refractivity contribution in [2.45, 2.75) is 38.8 Å². The molecule has 0 radical (unpaired) electrons. The van der Waals surface area contributed by atoms with Crippen LogP contribution in [0.3, 0.4) is 0 Å². The van der Waals surface area contributed by atoms with Gasteiger partial charge in [0.1, 0.15) is 11.6 Å². The summed E-state index contributed by atoms with van der Waals surface area (Å²) in [4.78, 5) is 11.6. The number of amides is 1. The van der Waals surface area contributed by atoms with Crippen molar-refractivity contribution in [2.75, 3.05) is 0 Å². The Hall–Kier alpha value is -1.49. The Morgan fingerprint density at radius 3 is 2.61 bits per heavy atom. The van der Waals surface area contributed by atoms with Gasteiger partial charge in [-0.3, -0.25) is 4.79 Å². The van der Waals surface area contributed by atoms with Crippen LogP contribution in [0.2, 0.25) is 0 Å². The minimum absolute atomic E-state index is 0.0112. The van der Waals surface area contributed by atoms with E-state index in [0.717, 1.165) is 12.1 Å². The van der Waals surface area contributed by atoms with E-state index in [9.17, 15) is 13.6 Å². The van der Waals surface area contributed by atoms with Crippen LogP contribution in [-0.2, 0) is 11.2 Å². The molecule has 1 aromatic carbocycles. The lowest BCUT2D eigenvalue weighted by Gasteiger charge is -2.16. The first-order chi connectivity index (χ1) is 8.38. The van der Waals surface area contributed by atoms with Gasteiger partial charge in [0.05, 0.1) is 6.42 Å². The molecule has 3 nitrogen and oxygen atoms in total. The van der Waals surface area contributed by atoms with Gasteiger partial charge in [-0.25, -0.2) is 8.78 Å². The van der Waals surface area contributed by atoms with Gasteiger partial charge in [-0.1, -0.05) is 6.07 Å². The van der Waals surface area contributed by atoms with E-state index in [1.807, 2.05) is 13.8 Å². The Kier molecular flexibility index (Phi) is 5.22. The highest BCUT2D eigenvalue weighted by Gasteiger charge is 2.12. The van der Waals surface area contributed by atoms with Crippen molar-refractivity contribution in [3.8, 4) is 0 Å². The van der Waals surface area contributed by atoms with Crippen molar-refractivity contribution < 1.29 is 13.6 Å². The summed E-state index contributed by atoms with van der Waals surface area (Å²) in [5, 5.41) is 2.72. The van der Waals surface area contributed by atoms with Crippen LogP contribution < -0.4 is 11.1 Å². The standard InChI is InChI=1S/C13H18F2N2O/c1-8(16)5-9(2)17-13(18)6-10-3-4-11(14)7-12(10)15/h3-4,7-9H,5-6,16H2,1-2H3,(H,17,18). The van der Waals surface area contributed by atoms with Crippen molar-refractivity contribution in [1.29, 1.82) is 0 Å². The first kappa shape index (κ1) is 14.6. The molecule has 0 aliphatic rings. The number of hydrogen-bond acceptors (Lipinski definition) is 2. The number of hydrogen-bond donors (Lipinski definition) is 2. The van der Waals surface area contributed by atoms with E-state index in [2.05, 4.69) is 5.32 Å². The maximum absolute atomic E-state index is 13.3. The van der Waals surface area contributed by atoms with Crippen LogP contribution in [0.5, 0.6) is 0 Å². The van der Waals surface area contributed by atoms with Gasteiger partial charge < -0.3 is 11.1 Å². The van der Waals surface area contributed by atoms with Crippen molar-refractivity contribution in [3.05, 3.63) is 35.4 Å². The van der Waals surface area contributed by atoms with Gasteiger partial charge in [0, 0.05) is 18.2 Å². The Balaban J connectivity index is 2.54. The summed E-state index contributed by atoms with van der Waals surface area (Å²) in [6, 6.07) is 3.11. The summed E-state index contributed by atoms with van der Waals surface area (Å²) >= 11 is 0. The second kappa shape index (κ2) is 6.44. The topological polar surface area (TPSA) is 55.1 Å². The molecule has 3 N–H and O–H groups in total. The highest BCUT2D eigenvalue weighted by Crippen LogP contribution is 2.10. The molecule has 0 spiro atoms. The fourth-order valence-electron chi connectivity index (χ4n) is 1.78. The summed E-state index contributed by atoms with van der Waals surface area (Å²) in [7, 11) is 0. The van der Waals surface area contributed by atoms with Gasteiger partial charge in [0.25, 0.3) is 0 Å². The van der Waals surface area contributed by atoms with E-state index in [0.29, 0.717) is 6.42 Å². The van der Waals surface area contributed by atoms with Crippen LogP contribution in [-0.4, -0.2) is 18.0 Å². The third-order valence-electron chi connectivity index (χ3n) is 2.50. The highest BCUT2D eigenvalue weighted by molar-refractivity contribution is 5.78. The van der Waals surface area contributed by atoms with E-state index in [1.54, 1.807) is 0 Å². The van der Waals surface area contributed by atoms with E-state index in [-0.39, 0.29) is 30.0 Å². The quantitative estimate of drug-likeness (QED) is 0.843. The molecule has 0 aliphatic carbocycles. The molecule has 1 rings (SSSR count). The molecule has 2 unspecified atom stereocenters. The Labute approximate surface area is 105 Å². The van der Waals surface area contributed by atoms with Crippen LogP contribution in [0.15, 0.2) is 18.2 Å². The Bertz CT molecular complexity index is 421. The summed E-state index contributed by atoms with van der Waals surface area (Å²) < 4.78 is 26.0. The number of nitrogens with two attached hydrogens (primary N) is 1. The minimum Gasteiger partial charge on any atom is -0.353 e. The van der Waals surface area contributed by atoms with Gasteiger partial charge in [-0.2, -0.15) is 0 Å². The zero-order chi connectivity index (χ0) is 13.7. The molecule has 0 aliphatic heterocycles. The molecule has 1 aromatic rings. The highest BCUT2D eigenvalue weighted by atomic mass is 19.1. The van der Waals surface area contributed by atoms with Crippen molar-refractivity contribution >= 4 is 5.91 Å². The van der Waals surface area contributed by atoms with Gasteiger partial charge in [-0.15, -0.1) is 0 Å². The zero-order valence-electron chi connectivity index (χ0n) is 10.5. The number of carbonyl (C=O) groups excluding carboxylic acids is 1. The molecule has 0 fully saturated rings. The molecule has 0 heterocycles. The molecule has 2 atom stereocenters. The first-order valence-electron chi connectivity index (χ1n) is 5.87. The number of benzene rings is 1. The van der Waals surface area contributed by atoms with Gasteiger partial charge >= 0.3 is 0 Å². The second-order valence-corrected chi connectivity index (χ2v) is 4.59. The van der Waals surface area contributed by atoms with E-state index in [4.69, 9.17) is 5.73 Å². The van der Waals surface area contributed by atoms with E-state index < -0.39 is 11.6 Å². The fraction of sp³-hybridized carbons (Fsp3) is 0.462. The lowest BCUT2D eigenvalue weighted by Crippen LogP contribution is -2.37. The largest absolute Gasteiger partial charge is 0.353 e. The molecule has 1 amide bonds. The minimum atomic E-state index is -0.704. The average molecular weight is 256 g/mol. The summed E-state index contributed by atoms with van der Waals surface area (Å²) in [6.07, 6.45) is 0.549. The van der Waals surface area contributed by atoms with Crippen LogP contribution in [0, 0.1) is 11.6 Å². The third-order valence-corrected chi connectivity index (χ3v) is 2.50. The fourth-order valence-corrected chi connectivity index (χ4v) is 1.78. The summed E-state index contributed by atoms with van der Waals surface area (Å²) in [6.45, 7) is 3.69. The lowest BCUT2D eigenvalue weighted by molar-refractivity contribution is -0.121. The van der Waals surface area contributed by atoms with Crippen molar-refractivity contribution in [2.24, 2.45) is 5.73 Å². The normalized spacial score (nSPS) is 14.1. The number of carbonyl (C=O) groups is 1. The van der Waals surface area contributed by atoms with Crippen LogP contribution >= 0.6 is 0 Å². The van der Waals surface area contributed by atoms with Gasteiger partial charge in [0.15, 0.2) is 0 Å². The molecular formula is C13H18F2N2O.